The molecule has 0 saturated heterocycles. The lowest BCUT2D eigenvalue weighted by atomic mass is 10.2. The highest BCUT2D eigenvalue weighted by molar-refractivity contribution is 7.17. The van der Waals surface area contributed by atoms with Gasteiger partial charge in [-0.15, -0.1) is 23.7 Å². The Balaban J connectivity index is 0.00000182. The number of aromatic nitrogens is 5. The highest BCUT2D eigenvalue weighted by Gasteiger charge is 2.14. The van der Waals surface area contributed by atoms with Gasteiger partial charge in [0.05, 0.1) is 5.39 Å². The number of anilines is 2. The number of hydrogen-bond acceptors (Lipinski definition) is 7. The molecule has 126 valence electrons. The maximum Gasteiger partial charge on any atom is 0.181 e. The molecule has 4 rings (SSSR count). The Morgan fingerprint density at radius 3 is 2.68 bits per heavy atom. The van der Waals surface area contributed by atoms with E-state index in [1.807, 2.05) is 25.1 Å². The van der Waals surface area contributed by atoms with Crippen LogP contribution >= 0.6 is 23.7 Å². The van der Waals surface area contributed by atoms with Crippen LogP contribution < -0.4 is 5.32 Å². The molecule has 0 aliphatic carbocycles. The second-order valence-electron chi connectivity index (χ2n) is 5.38. The third-order valence-corrected chi connectivity index (χ3v) is 4.55. The maximum atomic E-state index is 4.70. The molecule has 0 amide bonds. The summed E-state index contributed by atoms with van der Waals surface area (Å²) < 4.78 is 0. The molecular weight excluding hydrogens is 356 g/mol. The third-order valence-electron chi connectivity index (χ3n) is 3.56. The van der Waals surface area contributed by atoms with Gasteiger partial charge >= 0.3 is 0 Å². The predicted octanol–water partition coefficient (Wildman–Crippen LogP) is 4.33. The number of rotatable bonds is 3. The van der Waals surface area contributed by atoms with Gasteiger partial charge in [-0.05, 0) is 43.0 Å². The van der Waals surface area contributed by atoms with Crippen LogP contribution in [0.5, 0.6) is 0 Å². The first-order valence-electron chi connectivity index (χ1n) is 7.43. The number of hydrogen-bond donors (Lipinski definition) is 1. The minimum absolute atomic E-state index is 0. The van der Waals surface area contributed by atoms with Gasteiger partial charge in [-0.2, -0.15) is 0 Å². The summed E-state index contributed by atoms with van der Waals surface area (Å²) in [5, 5.41) is 6.37. The average Bonchev–Trinajstić information content (AvgIpc) is 2.97. The van der Waals surface area contributed by atoms with E-state index in [2.05, 4.69) is 37.6 Å². The van der Waals surface area contributed by atoms with E-state index >= 15 is 0 Å². The van der Waals surface area contributed by atoms with Crippen LogP contribution in [0.1, 0.15) is 11.3 Å². The van der Waals surface area contributed by atoms with Crippen LogP contribution in [-0.4, -0.2) is 24.9 Å². The fourth-order valence-electron chi connectivity index (χ4n) is 2.44. The van der Waals surface area contributed by atoms with Crippen molar-refractivity contribution >= 4 is 45.6 Å². The largest absolute Gasteiger partial charge is 0.324 e. The molecule has 4 aromatic rings. The van der Waals surface area contributed by atoms with Crippen LogP contribution in [0.25, 0.3) is 21.7 Å². The minimum atomic E-state index is 0. The standard InChI is InChI=1S/C17H14N6S.ClH/c1-10-8-24-17-14(10)16(21-13-6-7-18-9-19-13)22-15(23-17)12-5-3-4-11(2)20-12;/h3-9H,1-2H3,(H,18,19,21,22,23);1H. The molecule has 6 nitrogen and oxygen atoms in total. The van der Waals surface area contributed by atoms with Gasteiger partial charge in [-0.3, -0.25) is 0 Å². The number of nitrogens with zero attached hydrogens (tertiary/aromatic N) is 5. The molecule has 0 saturated carbocycles. The Labute approximate surface area is 154 Å². The molecule has 25 heavy (non-hydrogen) atoms. The molecule has 0 unspecified atom stereocenters. The quantitative estimate of drug-likeness (QED) is 0.578. The van der Waals surface area contributed by atoms with Gasteiger partial charge in [-0.1, -0.05) is 6.07 Å². The summed E-state index contributed by atoms with van der Waals surface area (Å²) in [5.74, 6) is 2.03. The van der Waals surface area contributed by atoms with Crippen molar-refractivity contribution < 1.29 is 0 Å². The molecule has 0 radical (unpaired) electrons. The Kier molecular flexibility index (Phi) is 4.87. The van der Waals surface area contributed by atoms with Crippen molar-refractivity contribution in [3.63, 3.8) is 0 Å². The van der Waals surface area contributed by atoms with Gasteiger partial charge in [0, 0.05) is 11.9 Å². The fraction of sp³-hybridized carbons (Fsp3) is 0.118. The Hall–Kier alpha value is -2.64. The van der Waals surface area contributed by atoms with Crippen molar-refractivity contribution in [2.45, 2.75) is 13.8 Å². The van der Waals surface area contributed by atoms with E-state index in [-0.39, 0.29) is 12.4 Å². The van der Waals surface area contributed by atoms with Gasteiger partial charge in [0.15, 0.2) is 5.82 Å². The van der Waals surface area contributed by atoms with Gasteiger partial charge in [0.1, 0.15) is 28.5 Å². The molecule has 0 aromatic carbocycles. The first-order valence-corrected chi connectivity index (χ1v) is 8.31. The lowest BCUT2D eigenvalue weighted by Crippen LogP contribution is -2.01. The van der Waals surface area contributed by atoms with Crippen molar-refractivity contribution in [2.24, 2.45) is 0 Å². The summed E-state index contributed by atoms with van der Waals surface area (Å²) in [7, 11) is 0. The normalized spacial score (nSPS) is 10.5. The van der Waals surface area contributed by atoms with Crippen molar-refractivity contribution in [1.82, 2.24) is 24.9 Å². The summed E-state index contributed by atoms with van der Waals surface area (Å²) in [5.41, 5.74) is 2.83. The zero-order valence-corrected chi connectivity index (χ0v) is 15.2. The number of thiophene rings is 1. The van der Waals surface area contributed by atoms with E-state index in [4.69, 9.17) is 4.98 Å². The molecular formula is C17H15ClN6S. The van der Waals surface area contributed by atoms with Gasteiger partial charge in [0.25, 0.3) is 0 Å². The van der Waals surface area contributed by atoms with Gasteiger partial charge in [-0.25, -0.2) is 24.9 Å². The highest BCUT2D eigenvalue weighted by Crippen LogP contribution is 2.32. The molecule has 4 aromatic heterocycles. The topological polar surface area (TPSA) is 76.5 Å². The number of pyridine rings is 1. The summed E-state index contributed by atoms with van der Waals surface area (Å²) in [6, 6.07) is 7.64. The number of halogens is 1. The monoisotopic (exact) mass is 370 g/mol. The number of fused-ring (bicyclic) bond motifs is 1. The van der Waals surface area contributed by atoms with E-state index in [0.717, 1.165) is 33.0 Å². The summed E-state index contributed by atoms with van der Waals surface area (Å²) >= 11 is 1.60. The zero-order chi connectivity index (χ0) is 16.5. The van der Waals surface area contributed by atoms with Crippen LogP contribution in [0.4, 0.5) is 11.6 Å². The average molecular weight is 371 g/mol. The van der Waals surface area contributed by atoms with E-state index in [1.165, 1.54) is 6.33 Å². The lowest BCUT2D eigenvalue weighted by molar-refractivity contribution is 1.13. The van der Waals surface area contributed by atoms with Crippen molar-refractivity contribution in [1.29, 1.82) is 0 Å². The van der Waals surface area contributed by atoms with Crippen LogP contribution in [0.3, 0.4) is 0 Å². The zero-order valence-electron chi connectivity index (χ0n) is 13.6. The maximum absolute atomic E-state index is 4.70. The van der Waals surface area contributed by atoms with E-state index in [9.17, 15) is 0 Å². The predicted molar refractivity (Wildman–Crippen MR) is 103 cm³/mol. The van der Waals surface area contributed by atoms with Gasteiger partial charge < -0.3 is 5.32 Å². The first kappa shape index (κ1) is 17.2. The van der Waals surface area contributed by atoms with Crippen LogP contribution in [0.15, 0.2) is 42.2 Å². The molecule has 1 N–H and O–H groups in total. The molecule has 0 spiro atoms. The Bertz CT molecular complexity index is 1020. The molecule has 8 heteroatoms. The summed E-state index contributed by atoms with van der Waals surface area (Å²) in [6.07, 6.45) is 3.20. The van der Waals surface area contributed by atoms with E-state index in [1.54, 1.807) is 23.6 Å². The van der Waals surface area contributed by atoms with Crippen LogP contribution in [0, 0.1) is 13.8 Å². The summed E-state index contributed by atoms with van der Waals surface area (Å²) in [6.45, 7) is 4.01. The van der Waals surface area contributed by atoms with Crippen LogP contribution in [-0.2, 0) is 0 Å². The van der Waals surface area contributed by atoms with E-state index in [0.29, 0.717) is 11.6 Å². The Morgan fingerprint density at radius 1 is 1.04 bits per heavy atom. The molecule has 0 atom stereocenters. The van der Waals surface area contributed by atoms with Crippen molar-refractivity contribution in [3.8, 4) is 11.5 Å². The Morgan fingerprint density at radius 2 is 1.92 bits per heavy atom. The van der Waals surface area contributed by atoms with Crippen molar-refractivity contribution in [2.75, 3.05) is 5.32 Å². The highest BCUT2D eigenvalue weighted by atomic mass is 35.5. The molecule has 0 bridgehead atoms. The van der Waals surface area contributed by atoms with Crippen molar-refractivity contribution in [3.05, 3.63) is 53.4 Å². The number of aryl methyl sites for hydroxylation is 2. The molecule has 0 aliphatic heterocycles. The number of nitrogens with one attached hydrogen (secondary N) is 1. The molecule has 4 heterocycles. The summed E-state index contributed by atoms with van der Waals surface area (Å²) in [4.78, 5) is 23.0. The molecule has 0 fully saturated rings. The lowest BCUT2D eigenvalue weighted by Gasteiger charge is -2.09. The SMILES string of the molecule is Cc1cccc(-c2nc(Nc3ccncn3)c3c(C)csc3n2)n1.Cl. The second-order valence-corrected chi connectivity index (χ2v) is 6.24. The van der Waals surface area contributed by atoms with E-state index < -0.39 is 0 Å². The fourth-order valence-corrected chi connectivity index (χ4v) is 3.36. The van der Waals surface area contributed by atoms with Crippen LogP contribution in [0.2, 0.25) is 0 Å². The third kappa shape index (κ3) is 3.42. The smallest absolute Gasteiger partial charge is 0.181 e. The first-order chi connectivity index (χ1) is 11.7. The second kappa shape index (κ2) is 7.08. The minimum Gasteiger partial charge on any atom is -0.324 e. The molecule has 0 aliphatic rings. The van der Waals surface area contributed by atoms with Gasteiger partial charge in [0.2, 0.25) is 0 Å².